The van der Waals surface area contributed by atoms with Gasteiger partial charge < -0.3 is 14.8 Å². The Balaban J connectivity index is 1.67. The lowest BCUT2D eigenvalue weighted by molar-refractivity contribution is 0.181. The Labute approximate surface area is 140 Å². The summed E-state index contributed by atoms with van der Waals surface area (Å²) in [7, 11) is 0. The van der Waals surface area contributed by atoms with Gasteiger partial charge in [0.25, 0.3) is 0 Å². The molecule has 0 saturated carbocycles. The van der Waals surface area contributed by atoms with Crippen molar-refractivity contribution in [2.24, 2.45) is 0 Å². The fraction of sp³-hybridized carbons (Fsp3) is 0.158. The van der Waals surface area contributed by atoms with Crippen molar-refractivity contribution in [1.29, 1.82) is 0 Å². The second-order valence-electron chi connectivity index (χ2n) is 5.80. The van der Waals surface area contributed by atoms with E-state index < -0.39 is 0 Å². The van der Waals surface area contributed by atoms with Crippen molar-refractivity contribution in [1.82, 2.24) is 14.5 Å². The van der Waals surface area contributed by atoms with Crippen LogP contribution in [0.4, 0.5) is 10.5 Å². The molecule has 3 heterocycles. The maximum Gasteiger partial charge on any atom is 0.322 e. The van der Waals surface area contributed by atoms with Crippen molar-refractivity contribution in [2.45, 2.75) is 12.6 Å². The van der Waals surface area contributed by atoms with E-state index in [1.807, 2.05) is 59.6 Å². The van der Waals surface area contributed by atoms with E-state index in [0.29, 0.717) is 6.54 Å². The van der Waals surface area contributed by atoms with Crippen LogP contribution in [0.2, 0.25) is 0 Å². The number of aromatic nitrogens is 2. The number of urea groups is 1. The minimum absolute atomic E-state index is 0.0949. The smallest absolute Gasteiger partial charge is 0.322 e. The van der Waals surface area contributed by atoms with Gasteiger partial charge in [0.05, 0.1) is 0 Å². The number of carbonyl (C=O) groups excluding carboxylic acids is 1. The Morgan fingerprint density at radius 1 is 1.04 bits per heavy atom. The second-order valence-corrected chi connectivity index (χ2v) is 5.80. The monoisotopic (exact) mass is 318 g/mol. The Hall–Kier alpha value is -3.08. The minimum Gasteiger partial charge on any atom is -0.348 e. The van der Waals surface area contributed by atoms with Gasteiger partial charge in [-0.15, -0.1) is 0 Å². The molecule has 0 aliphatic carbocycles. The molecule has 0 bridgehead atoms. The first-order chi connectivity index (χ1) is 11.8. The maximum absolute atomic E-state index is 12.9. The Kier molecular flexibility index (Phi) is 3.75. The minimum atomic E-state index is -0.133. The fourth-order valence-electron chi connectivity index (χ4n) is 3.21. The number of carbonyl (C=O) groups is 1. The van der Waals surface area contributed by atoms with Gasteiger partial charge in [0, 0.05) is 43.1 Å². The number of hydrogen-bond acceptors (Lipinski definition) is 2. The first kappa shape index (κ1) is 14.5. The van der Waals surface area contributed by atoms with Crippen LogP contribution < -0.4 is 5.32 Å². The molecule has 1 atom stereocenters. The molecule has 1 N–H and O–H groups in total. The molecule has 0 fully saturated rings. The number of rotatable bonds is 2. The number of hydrogen-bond donors (Lipinski definition) is 1. The van der Waals surface area contributed by atoms with Crippen molar-refractivity contribution in [3.05, 3.63) is 84.4 Å². The normalized spacial score (nSPS) is 16.5. The summed E-state index contributed by atoms with van der Waals surface area (Å²) in [6.07, 6.45) is 5.64. The van der Waals surface area contributed by atoms with E-state index in [2.05, 4.69) is 27.1 Å². The summed E-state index contributed by atoms with van der Waals surface area (Å²) in [5.41, 5.74) is 2.92. The average molecular weight is 318 g/mol. The highest BCUT2D eigenvalue weighted by atomic mass is 16.2. The van der Waals surface area contributed by atoms with E-state index in [1.54, 1.807) is 6.20 Å². The summed E-state index contributed by atoms with van der Waals surface area (Å²) in [6, 6.07) is 17.3. The van der Waals surface area contributed by atoms with Crippen molar-refractivity contribution in [3.63, 3.8) is 0 Å². The van der Waals surface area contributed by atoms with Gasteiger partial charge in [-0.1, -0.05) is 24.3 Å². The Bertz CT molecular complexity index is 829. The van der Waals surface area contributed by atoms with Crippen LogP contribution in [0, 0.1) is 0 Å². The molecule has 1 aromatic carbocycles. The molecule has 0 saturated heterocycles. The molecule has 24 heavy (non-hydrogen) atoms. The number of amides is 2. The second kappa shape index (κ2) is 6.20. The molecular weight excluding hydrogens is 300 g/mol. The third kappa shape index (κ3) is 2.65. The van der Waals surface area contributed by atoms with Crippen LogP contribution in [0.15, 0.2) is 73.2 Å². The number of fused-ring (bicyclic) bond motifs is 1. The standard InChI is InChI=1S/C19H18N4O/c24-19(21-16-7-2-1-3-8-16)23-13-12-22-11-5-9-17(22)18(23)15-6-4-10-20-14-15/h1-11,14,18H,12-13H2,(H,21,24). The zero-order chi connectivity index (χ0) is 16.4. The highest BCUT2D eigenvalue weighted by Gasteiger charge is 2.32. The number of benzene rings is 1. The van der Waals surface area contributed by atoms with Crippen LogP contribution in [0.5, 0.6) is 0 Å². The predicted octanol–water partition coefficient (Wildman–Crippen LogP) is 3.52. The molecule has 1 aliphatic rings. The lowest BCUT2D eigenvalue weighted by Gasteiger charge is -2.37. The molecule has 4 rings (SSSR count). The Morgan fingerprint density at radius 3 is 2.71 bits per heavy atom. The topological polar surface area (TPSA) is 50.2 Å². The summed E-state index contributed by atoms with van der Waals surface area (Å²) < 4.78 is 2.20. The van der Waals surface area contributed by atoms with Gasteiger partial charge in [-0.3, -0.25) is 4.98 Å². The molecule has 1 unspecified atom stereocenters. The summed E-state index contributed by atoms with van der Waals surface area (Å²) in [4.78, 5) is 19.0. The number of anilines is 1. The van der Waals surface area contributed by atoms with Gasteiger partial charge in [0.1, 0.15) is 6.04 Å². The molecule has 5 nitrogen and oxygen atoms in total. The molecule has 0 spiro atoms. The fourth-order valence-corrected chi connectivity index (χ4v) is 3.21. The molecule has 120 valence electrons. The zero-order valence-electron chi connectivity index (χ0n) is 13.2. The quantitative estimate of drug-likeness (QED) is 0.786. The lowest BCUT2D eigenvalue weighted by atomic mass is 10.0. The van der Waals surface area contributed by atoms with E-state index in [1.165, 1.54) is 0 Å². The zero-order valence-corrected chi connectivity index (χ0v) is 13.2. The van der Waals surface area contributed by atoms with Crippen LogP contribution in [0.3, 0.4) is 0 Å². The molecule has 0 radical (unpaired) electrons. The summed E-state index contributed by atoms with van der Waals surface area (Å²) in [5.74, 6) is 0. The maximum atomic E-state index is 12.9. The van der Waals surface area contributed by atoms with Gasteiger partial charge in [0.2, 0.25) is 0 Å². The summed E-state index contributed by atoms with van der Waals surface area (Å²) in [6.45, 7) is 1.45. The largest absolute Gasteiger partial charge is 0.348 e. The highest BCUT2D eigenvalue weighted by Crippen LogP contribution is 2.32. The molecule has 1 aliphatic heterocycles. The number of nitrogens with one attached hydrogen (secondary N) is 1. The van der Waals surface area contributed by atoms with Gasteiger partial charge in [0.15, 0.2) is 0 Å². The number of para-hydroxylation sites is 1. The van der Waals surface area contributed by atoms with Crippen molar-refractivity contribution >= 4 is 11.7 Å². The summed E-state index contributed by atoms with van der Waals surface area (Å²) in [5, 5.41) is 2.99. The van der Waals surface area contributed by atoms with E-state index >= 15 is 0 Å². The van der Waals surface area contributed by atoms with Crippen molar-refractivity contribution in [2.75, 3.05) is 11.9 Å². The lowest BCUT2D eigenvalue weighted by Crippen LogP contribution is -2.44. The van der Waals surface area contributed by atoms with E-state index in [0.717, 1.165) is 23.5 Å². The molecule has 3 aromatic rings. The van der Waals surface area contributed by atoms with Gasteiger partial charge in [-0.05, 0) is 35.9 Å². The molecular formula is C19H18N4O. The van der Waals surface area contributed by atoms with E-state index in [9.17, 15) is 4.79 Å². The number of pyridine rings is 1. The van der Waals surface area contributed by atoms with Crippen molar-refractivity contribution in [3.8, 4) is 0 Å². The van der Waals surface area contributed by atoms with Crippen LogP contribution in [-0.2, 0) is 6.54 Å². The molecule has 2 aromatic heterocycles. The average Bonchev–Trinajstić information content (AvgIpc) is 3.11. The Morgan fingerprint density at radius 2 is 1.92 bits per heavy atom. The molecule has 5 heteroatoms. The van der Waals surface area contributed by atoms with Crippen molar-refractivity contribution < 1.29 is 4.79 Å². The first-order valence-corrected chi connectivity index (χ1v) is 8.00. The van der Waals surface area contributed by atoms with Crippen LogP contribution >= 0.6 is 0 Å². The number of nitrogens with zero attached hydrogens (tertiary/aromatic N) is 3. The third-order valence-corrected chi connectivity index (χ3v) is 4.32. The van der Waals surface area contributed by atoms with E-state index in [-0.39, 0.29) is 12.1 Å². The SMILES string of the molecule is O=C(Nc1ccccc1)N1CCn2cccc2C1c1cccnc1. The van der Waals surface area contributed by atoms with Gasteiger partial charge in [-0.25, -0.2) is 4.79 Å². The van der Waals surface area contributed by atoms with E-state index in [4.69, 9.17) is 0 Å². The summed E-state index contributed by atoms with van der Waals surface area (Å²) >= 11 is 0. The third-order valence-electron chi connectivity index (χ3n) is 4.32. The predicted molar refractivity (Wildman–Crippen MR) is 92.7 cm³/mol. The van der Waals surface area contributed by atoms with Crippen LogP contribution in [-0.4, -0.2) is 27.0 Å². The van der Waals surface area contributed by atoms with Gasteiger partial charge >= 0.3 is 6.03 Å². The highest BCUT2D eigenvalue weighted by molar-refractivity contribution is 5.90. The first-order valence-electron chi connectivity index (χ1n) is 8.00. The van der Waals surface area contributed by atoms with Crippen LogP contribution in [0.1, 0.15) is 17.3 Å². The molecule has 2 amide bonds. The van der Waals surface area contributed by atoms with Gasteiger partial charge in [-0.2, -0.15) is 0 Å². The van der Waals surface area contributed by atoms with Crippen LogP contribution in [0.25, 0.3) is 0 Å².